The van der Waals surface area contributed by atoms with E-state index in [1.807, 2.05) is 12.4 Å². The molecule has 0 fully saturated rings. The molecule has 1 atom stereocenters. The van der Waals surface area contributed by atoms with E-state index in [9.17, 15) is 4.79 Å². The van der Waals surface area contributed by atoms with Crippen LogP contribution in [0.15, 0.2) is 59.7 Å². The molecule has 1 heterocycles. The van der Waals surface area contributed by atoms with E-state index < -0.39 is 0 Å². The van der Waals surface area contributed by atoms with Gasteiger partial charge in [-0.15, -0.1) is 0 Å². The molecule has 0 bridgehead atoms. The summed E-state index contributed by atoms with van der Waals surface area (Å²) in [6.07, 6.45) is 8.34. The summed E-state index contributed by atoms with van der Waals surface area (Å²) in [5.74, 6) is 0. The highest BCUT2D eigenvalue weighted by Crippen LogP contribution is 2.18. The topological polar surface area (TPSA) is 22.0 Å². The van der Waals surface area contributed by atoms with Gasteiger partial charge in [-0.1, -0.05) is 37.3 Å². The normalized spacial score (nSPS) is 12.3. The SMILES string of the molecule is CC[C@@H](CCCc1ccccc1)n1ccc(=O)cc1. The second kappa shape index (κ2) is 6.93. The molecule has 0 N–H and O–H groups in total. The maximum Gasteiger partial charge on any atom is 0.181 e. The molecule has 0 aliphatic heterocycles. The van der Waals surface area contributed by atoms with E-state index in [2.05, 4.69) is 41.8 Å². The molecule has 1 aromatic heterocycles. The fourth-order valence-corrected chi connectivity index (χ4v) is 2.42. The Hall–Kier alpha value is -1.83. The zero-order valence-electron chi connectivity index (χ0n) is 11.5. The van der Waals surface area contributed by atoms with Crippen LogP contribution >= 0.6 is 0 Å². The van der Waals surface area contributed by atoms with E-state index in [-0.39, 0.29) is 5.43 Å². The number of rotatable bonds is 6. The number of hydrogen-bond acceptors (Lipinski definition) is 1. The minimum absolute atomic E-state index is 0.0791. The van der Waals surface area contributed by atoms with Crippen LogP contribution in [-0.2, 0) is 6.42 Å². The van der Waals surface area contributed by atoms with E-state index >= 15 is 0 Å². The van der Waals surface area contributed by atoms with Crippen molar-refractivity contribution in [3.63, 3.8) is 0 Å². The molecule has 19 heavy (non-hydrogen) atoms. The van der Waals surface area contributed by atoms with E-state index in [4.69, 9.17) is 0 Å². The van der Waals surface area contributed by atoms with Gasteiger partial charge < -0.3 is 4.57 Å². The number of nitrogens with zero attached hydrogens (tertiary/aromatic N) is 1. The molecule has 0 aliphatic rings. The lowest BCUT2D eigenvalue weighted by Crippen LogP contribution is -2.11. The van der Waals surface area contributed by atoms with Crippen molar-refractivity contribution in [1.82, 2.24) is 4.57 Å². The quantitative estimate of drug-likeness (QED) is 0.769. The predicted molar refractivity (Wildman–Crippen MR) is 79.4 cm³/mol. The van der Waals surface area contributed by atoms with Gasteiger partial charge in [0.1, 0.15) is 0 Å². The van der Waals surface area contributed by atoms with Crippen molar-refractivity contribution in [2.24, 2.45) is 0 Å². The summed E-state index contributed by atoms with van der Waals surface area (Å²) in [6, 6.07) is 14.4. The fourth-order valence-electron chi connectivity index (χ4n) is 2.42. The lowest BCUT2D eigenvalue weighted by Gasteiger charge is -2.18. The van der Waals surface area contributed by atoms with Crippen LogP contribution in [0.2, 0.25) is 0 Å². The first kappa shape index (κ1) is 13.6. The summed E-state index contributed by atoms with van der Waals surface area (Å²) in [4.78, 5) is 11.1. The lowest BCUT2D eigenvalue weighted by molar-refractivity contribution is 0.437. The summed E-state index contributed by atoms with van der Waals surface area (Å²) >= 11 is 0. The van der Waals surface area contributed by atoms with Crippen molar-refractivity contribution >= 4 is 0 Å². The van der Waals surface area contributed by atoms with Crippen molar-refractivity contribution in [2.75, 3.05) is 0 Å². The average Bonchev–Trinajstić information content (AvgIpc) is 2.46. The minimum Gasteiger partial charge on any atom is -0.351 e. The summed E-state index contributed by atoms with van der Waals surface area (Å²) < 4.78 is 2.16. The average molecular weight is 255 g/mol. The van der Waals surface area contributed by atoms with Gasteiger partial charge in [0.2, 0.25) is 0 Å². The highest BCUT2D eigenvalue weighted by Gasteiger charge is 2.06. The zero-order valence-corrected chi connectivity index (χ0v) is 11.5. The van der Waals surface area contributed by atoms with E-state index in [1.54, 1.807) is 12.1 Å². The first-order valence-electron chi connectivity index (χ1n) is 7.01. The maximum atomic E-state index is 11.1. The van der Waals surface area contributed by atoms with Gasteiger partial charge in [0.05, 0.1) is 0 Å². The first-order chi connectivity index (χ1) is 9.29. The Kier molecular flexibility index (Phi) is 4.96. The van der Waals surface area contributed by atoms with Crippen molar-refractivity contribution < 1.29 is 0 Å². The molecular weight excluding hydrogens is 234 g/mol. The van der Waals surface area contributed by atoms with Crippen LogP contribution in [0.3, 0.4) is 0 Å². The first-order valence-corrected chi connectivity index (χ1v) is 7.01. The molecule has 2 aromatic rings. The Balaban J connectivity index is 1.89. The number of benzene rings is 1. The Morgan fingerprint density at radius 1 is 1.05 bits per heavy atom. The van der Waals surface area contributed by atoms with Gasteiger partial charge in [-0.05, 0) is 31.2 Å². The summed E-state index contributed by atoms with van der Waals surface area (Å²) in [6.45, 7) is 2.20. The Morgan fingerprint density at radius 3 is 2.37 bits per heavy atom. The maximum absolute atomic E-state index is 11.1. The van der Waals surface area contributed by atoms with Crippen LogP contribution in [0.1, 0.15) is 37.8 Å². The predicted octanol–water partition coefficient (Wildman–Crippen LogP) is 3.82. The van der Waals surface area contributed by atoms with E-state index in [0.717, 1.165) is 19.3 Å². The smallest absolute Gasteiger partial charge is 0.181 e. The molecule has 2 nitrogen and oxygen atoms in total. The molecule has 0 unspecified atom stereocenters. The van der Waals surface area contributed by atoms with Crippen molar-refractivity contribution in [3.05, 3.63) is 70.6 Å². The number of pyridine rings is 1. The third-order valence-corrected chi connectivity index (χ3v) is 3.56. The Morgan fingerprint density at radius 2 is 1.74 bits per heavy atom. The molecular formula is C17H21NO. The van der Waals surface area contributed by atoms with Gasteiger partial charge in [-0.2, -0.15) is 0 Å². The monoisotopic (exact) mass is 255 g/mol. The van der Waals surface area contributed by atoms with Crippen molar-refractivity contribution in [2.45, 2.75) is 38.6 Å². The molecule has 0 aliphatic carbocycles. The summed E-state index contributed by atoms with van der Waals surface area (Å²) in [5.41, 5.74) is 1.48. The van der Waals surface area contributed by atoms with Crippen molar-refractivity contribution in [3.8, 4) is 0 Å². The Bertz CT molecular complexity index is 524. The van der Waals surface area contributed by atoms with Gasteiger partial charge in [-0.3, -0.25) is 4.79 Å². The lowest BCUT2D eigenvalue weighted by atomic mass is 10.0. The van der Waals surface area contributed by atoms with Crippen LogP contribution in [0.25, 0.3) is 0 Å². The minimum atomic E-state index is 0.0791. The van der Waals surface area contributed by atoms with Gasteiger partial charge in [0.15, 0.2) is 5.43 Å². The van der Waals surface area contributed by atoms with E-state index in [0.29, 0.717) is 6.04 Å². The van der Waals surface area contributed by atoms with Gasteiger partial charge in [0.25, 0.3) is 0 Å². The van der Waals surface area contributed by atoms with Crippen LogP contribution in [0.4, 0.5) is 0 Å². The second-order valence-corrected chi connectivity index (χ2v) is 4.92. The highest BCUT2D eigenvalue weighted by atomic mass is 16.1. The third-order valence-electron chi connectivity index (χ3n) is 3.56. The molecule has 1 aromatic carbocycles. The van der Waals surface area contributed by atoms with Crippen LogP contribution in [0.5, 0.6) is 0 Å². The molecule has 2 heteroatoms. The summed E-state index contributed by atoms with van der Waals surface area (Å²) in [5, 5.41) is 0. The number of aryl methyl sites for hydroxylation is 1. The number of hydrogen-bond donors (Lipinski definition) is 0. The molecule has 0 saturated carbocycles. The van der Waals surface area contributed by atoms with Crippen LogP contribution in [-0.4, -0.2) is 4.57 Å². The zero-order chi connectivity index (χ0) is 13.5. The molecule has 2 rings (SSSR count). The standard InChI is InChI=1S/C17H21NO/c1-2-16(18-13-11-17(19)12-14-18)10-6-9-15-7-4-3-5-8-15/h3-5,7-8,11-14,16H,2,6,9-10H2,1H3/t16-/m0/s1. The van der Waals surface area contributed by atoms with E-state index in [1.165, 1.54) is 12.0 Å². The molecule has 0 radical (unpaired) electrons. The Labute approximate surface area is 114 Å². The van der Waals surface area contributed by atoms with Gasteiger partial charge in [-0.25, -0.2) is 0 Å². The fraction of sp³-hybridized carbons (Fsp3) is 0.353. The number of aromatic nitrogens is 1. The highest BCUT2D eigenvalue weighted by molar-refractivity contribution is 5.14. The van der Waals surface area contributed by atoms with Crippen LogP contribution in [0, 0.1) is 0 Å². The summed E-state index contributed by atoms with van der Waals surface area (Å²) in [7, 11) is 0. The molecule has 100 valence electrons. The largest absolute Gasteiger partial charge is 0.351 e. The third kappa shape index (κ3) is 4.09. The molecule has 0 saturated heterocycles. The molecule has 0 spiro atoms. The van der Waals surface area contributed by atoms with Gasteiger partial charge >= 0.3 is 0 Å². The van der Waals surface area contributed by atoms with Crippen molar-refractivity contribution in [1.29, 1.82) is 0 Å². The molecule has 0 amide bonds. The second-order valence-electron chi connectivity index (χ2n) is 4.92. The van der Waals surface area contributed by atoms with Crippen LogP contribution < -0.4 is 5.43 Å². The van der Waals surface area contributed by atoms with Gasteiger partial charge in [0, 0.05) is 30.6 Å².